The fourth-order valence-corrected chi connectivity index (χ4v) is 1.65. The third kappa shape index (κ3) is 3.22. The quantitative estimate of drug-likeness (QED) is 0.775. The number of carbonyl (C=O) groups is 1. The second kappa shape index (κ2) is 6.50. The molecule has 0 saturated heterocycles. The highest BCUT2D eigenvalue weighted by Gasteiger charge is 2.10. The number of nitrogens with one attached hydrogen (secondary N) is 1. The zero-order valence-corrected chi connectivity index (χ0v) is 11.0. The second-order valence-electron chi connectivity index (χ2n) is 4.02. The summed E-state index contributed by atoms with van der Waals surface area (Å²) in [6.07, 6.45) is 6.51. The fraction of sp³-hybridized carbons (Fsp3) is 0.214. The summed E-state index contributed by atoms with van der Waals surface area (Å²) in [5, 5.41) is 11.5. The molecule has 0 aromatic carbocycles. The summed E-state index contributed by atoms with van der Waals surface area (Å²) in [4.78, 5) is 20.2. The monoisotopic (exact) mass is 270 g/mol. The minimum Gasteiger partial charge on any atom is -0.384 e. The van der Waals surface area contributed by atoms with Crippen molar-refractivity contribution in [1.82, 2.24) is 19.9 Å². The maximum Gasteiger partial charge on any atom is 0.253 e. The van der Waals surface area contributed by atoms with E-state index in [-0.39, 0.29) is 12.5 Å². The van der Waals surface area contributed by atoms with Gasteiger partial charge in [-0.1, -0.05) is 11.8 Å². The van der Waals surface area contributed by atoms with E-state index in [2.05, 4.69) is 27.1 Å². The molecule has 2 aromatic rings. The van der Waals surface area contributed by atoms with E-state index >= 15 is 0 Å². The lowest BCUT2D eigenvalue weighted by Crippen LogP contribution is -2.25. The van der Waals surface area contributed by atoms with Crippen LogP contribution in [0.5, 0.6) is 0 Å². The van der Waals surface area contributed by atoms with E-state index in [0.717, 1.165) is 5.82 Å². The van der Waals surface area contributed by atoms with Crippen molar-refractivity contribution in [2.45, 2.75) is 6.54 Å². The van der Waals surface area contributed by atoms with Gasteiger partial charge in [-0.25, -0.2) is 4.98 Å². The van der Waals surface area contributed by atoms with E-state index in [4.69, 9.17) is 5.11 Å². The summed E-state index contributed by atoms with van der Waals surface area (Å²) in [6, 6.07) is 1.59. The summed E-state index contributed by atoms with van der Waals surface area (Å²) in [6.45, 7) is 0.0702. The molecule has 0 aliphatic carbocycles. The van der Waals surface area contributed by atoms with E-state index in [1.54, 1.807) is 12.3 Å². The molecule has 0 radical (unpaired) electrons. The molecular weight excluding hydrogens is 256 g/mol. The standard InChI is InChI=1S/C14H14N4O2/c1-18-7-6-16-13(18)10-17-14(20)12-4-5-15-9-11(12)3-2-8-19/h4-7,9,19H,8,10H2,1H3,(H,17,20). The first-order valence-electron chi connectivity index (χ1n) is 6.00. The number of aromatic nitrogens is 3. The van der Waals surface area contributed by atoms with Crippen LogP contribution in [0.2, 0.25) is 0 Å². The van der Waals surface area contributed by atoms with Gasteiger partial charge in [0.05, 0.1) is 17.7 Å². The first-order valence-corrected chi connectivity index (χ1v) is 6.00. The third-order valence-electron chi connectivity index (χ3n) is 2.70. The average Bonchev–Trinajstić information content (AvgIpc) is 2.88. The molecule has 2 rings (SSSR count). The number of pyridine rings is 1. The van der Waals surface area contributed by atoms with Crippen LogP contribution in [-0.2, 0) is 13.6 Å². The Labute approximate surface area is 116 Å². The molecule has 0 aliphatic heterocycles. The number of carbonyl (C=O) groups excluding carboxylic acids is 1. The van der Waals surface area contributed by atoms with Crippen LogP contribution in [0, 0.1) is 11.8 Å². The number of aryl methyl sites for hydroxylation is 1. The lowest BCUT2D eigenvalue weighted by Gasteiger charge is -2.06. The Bertz CT molecular complexity index is 667. The van der Waals surface area contributed by atoms with Gasteiger partial charge in [0.1, 0.15) is 12.4 Å². The molecule has 2 N–H and O–H groups in total. The van der Waals surface area contributed by atoms with Gasteiger partial charge in [-0.3, -0.25) is 9.78 Å². The summed E-state index contributed by atoms with van der Waals surface area (Å²) in [7, 11) is 1.86. The number of rotatable bonds is 3. The van der Waals surface area contributed by atoms with Crippen LogP contribution in [-0.4, -0.2) is 32.2 Å². The van der Waals surface area contributed by atoms with Gasteiger partial charge in [0.15, 0.2) is 0 Å². The van der Waals surface area contributed by atoms with Gasteiger partial charge in [-0.2, -0.15) is 0 Å². The molecule has 1 amide bonds. The van der Waals surface area contributed by atoms with Crippen LogP contribution in [0.1, 0.15) is 21.7 Å². The molecule has 0 aliphatic rings. The van der Waals surface area contributed by atoms with Crippen LogP contribution in [0.25, 0.3) is 0 Å². The normalized spacial score (nSPS) is 9.70. The summed E-state index contributed by atoms with van der Waals surface area (Å²) in [5.41, 5.74) is 0.911. The highest BCUT2D eigenvalue weighted by molar-refractivity contribution is 5.96. The van der Waals surface area contributed by atoms with E-state index in [9.17, 15) is 4.79 Å². The van der Waals surface area contributed by atoms with Crippen molar-refractivity contribution in [3.8, 4) is 11.8 Å². The van der Waals surface area contributed by atoms with E-state index < -0.39 is 0 Å². The largest absolute Gasteiger partial charge is 0.384 e. The summed E-state index contributed by atoms with van der Waals surface area (Å²) < 4.78 is 1.83. The number of aliphatic hydroxyl groups excluding tert-OH is 1. The number of hydrogen-bond acceptors (Lipinski definition) is 4. The minimum absolute atomic E-state index is 0.252. The van der Waals surface area contributed by atoms with Gasteiger partial charge in [0.2, 0.25) is 0 Å². The van der Waals surface area contributed by atoms with Crippen LogP contribution in [0.4, 0.5) is 0 Å². The first-order chi connectivity index (χ1) is 9.72. The molecule has 2 heterocycles. The zero-order valence-electron chi connectivity index (χ0n) is 11.0. The maximum atomic E-state index is 12.1. The van der Waals surface area contributed by atoms with Crippen molar-refractivity contribution in [2.75, 3.05) is 6.61 Å². The van der Waals surface area contributed by atoms with Crippen LogP contribution < -0.4 is 5.32 Å². The Balaban J connectivity index is 2.11. The lowest BCUT2D eigenvalue weighted by molar-refractivity contribution is 0.0949. The van der Waals surface area contributed by atoms with Crippen LogP contribution >= 0.6 is 0 Å². The van der Waals surface area contributed by atoms with Crippen molar-refractivity contribution in [3.05, 3.63) is 47.8 Å². The van der Waals surface area contributed by atoms with Gasteiger partial charge in [0.25, 0.3) is 5.91 Å². The van der Waals surface area contributed by atoms with Crippen molar-refractivity contribution in [1.29, 1.82) is 0 Å². The van der Waals surface area contributed by atoms with Crippen molar-refractivity contribution in [3.63, 3.8) is 0 Å². The molecule has 0 saturated carbocycles. The Morgan fingerprint density at radius 1 is 1.50 bits per heavy atom. The van der Waals surface area contributed by atoms with E-state index in [1.807, 2.05) is 17.8 Å². The predicted molar refractivity (Wildman–Crippen MR) is 72.6 cm³/mol. The second-order valence-corrected chi connectivity index (χ2v) is 4.02. The average molecular weight is 270 g/mol. The predicted octanol–water partition coefficient (Wildman–Crippen LogP) is 0.0889. The molecule has 102 valence electrons. The van der Waals surface area contributed by atoms with Gasteiger partial charge in [-0.05, 0) is 6.07 Å². The van der Waals surface area contributed by atoms with Crippen molar-refractivity contribution >= 4 is 5.91 Å². The molecule has 20 heavy (non-hydrogen) atoms. The van der Waals surface area contributed by atoms with Gasteiger partial charge < -0.3 is 15.0 Å². The zero-order chi connectivity index (χ0) is 14.4. The lowest BCUT2D eigenvalue weighted by atomic mass is 10.1. The van der Waals surface area contributed by atoms with Crippen molar-refractivity contribution < 1.29 is 9.90 Å². The maximum absolute atomic E-state index is 12.1. The topological polar surface area (TPSA) is 80.0 Å². The Morgan fingerprint density at radius 2 is 2.35 bits per heavy atom. The summed E-state index contributed by atoms with van der Waals surface area (Å²) in [5.74, 6) is 5.72. The molecular formula is C14H14N4O2. The molecule has 0 bridgehead atoms. The minimum atomic E-state index is -0.261. The number of amides is 1. The van der Waals surface area contributed by atoms with Gasteiger partial charge >= 0.3 is 0 Å². The fourth-order valence-electron chi connectivity index (χ4n) is 1.65. The SMILES string of the molecule is Cn1ccnc1CNC(=O)c1ccncc1C#CCO. The first kappa shape index (κ1) is 13.8. The summed E-state index contributed by atoms with van der Waals surface area (Å²) >= 11 is 0. The van der Waals surface area contributed by atoms with E-state index in [0.29, 0.717) is 17.7 Å². The molecule has 2 aromatic heterocycles. The van der Waals surface area contributed by atoms with E-state index in [1.165, 1.54) is 12.4 Å². The molecule has 6 nitrogen and oxygen atoms in total. The third-order valence-corrected chi connectivity index (χ3v) is 2.70. The van der Waals surface area contributed by atoms with Crippen molar-refractivity contribution in [2.24, 2.45) is 7.05 Å². The number of hydrogen-bond donors (Lipinski definition) is 2. The number of imidazole rings is 1. The highest BCUT2D eigenvalue weighted by atomic mass is 16.2. The van der Waals surface area contributed by atoms with Gasteiger partial charge in [-0.15, -0.1) is 0 Å². The molecule has 0 unspecified atom stereocenters. The Morgan fingerprint density at radius 3 is 3.05 bits per heavy atom. The number of aliphatic hydroxyl groups is 1. The van der Waals surface area contributed by atoms with Crippen LogP contribution in [0.15, 0.2) is 30.9 Å². The molecule has 0 atom stereocenters. The Hall–Kier alpha value is -2.65. The Kier molecular flexibility index (Phi) is 4.47. The molecule has 6 heteroatoms. The number of nitrogens with zero attached hydrogens (tertiary/aromatic N) is 3. The molecule has 0 spiro atoms. The smallest absolute Gasteiger partial charge is 0.253 e. The van der Waals surface area contributed by atoms with Gasteiger partial charge in [0, 0.05) is 31.8 Å². The van der Waals surface area contributed by atoms with Crippen LogP contribution in [0.3, 0.4) is 0 Å². The highest BCUT2D eigenvalue weighted by Crippen LogP contribution is 2.05. The molecule has 0 fully saturated rings.